The molecule has 0 unspecified atom stereocenters. The molecule has 0 saturated carbocycles. The van der Waals surface area contributed by atoms with Crippen LogP contribution in [0, 0.1) is 11.6 Å². The van der Waals surface area contributed by atoms with Gasteiger partial charge in [-0.15, -0.1) is 5.10 Å². The Kier molecular flexibility index (Phi) is 7.22. The first-order valence-corrected chi connectivity index (χ1v) is 12.1. The highest BCUT2D eigenvalue weighted by atomic mass is 19.4. The molecule has 1 aromatic heterocycles. The predicted octanol–water partition coefficient (Wildman–Crippen LogP) is 6.07. The highest BCUT2D eigenvalue weighted by molar-refractivity contribution is 6.06. The van der Waals surface area contributed by atoms with Gasteiger partial charge in [0.15, 0.2) is 0 Å². The number of aromatic nitrogens is 3. The van der Waals surface area contributed by atoms with E-state index in [0.29, 0.717) is 17.2 Å². The van der Waals surface area contributed by atoms with E-state index in [4.69, 9.17) is 0 Å². The molecule has 0 atom stereocenters. The van der Waals surface area contributed by atoms with Crippen molar-refractivity contribution in [2.24, 2.45) is 0 Å². The summed E-state index contributed by atoms with van der Waals surface area (Å²) < 4.78 is 68.2. The lowest BCUT2D eigenvalue weighted by Crippen LogP contribution is -2.25. The number of hydrogen-bond acceptors (Lipinski definition) is 4. The van der Waals surface area contributed by atoms with E-state index in [-0.39, 0.29) is 46.4 Å². The lowest BCUT2D eigenvalue weighted by molar-refractivity contribution is -0.137. The number of nitrogens with zero attached hydrogens (tertiary/aromatic N) is 3. The molecule has 4 aromatic carbocycles. The van der Waals surface area contributed by atoms with Crippen LogP contribution in [-0.4, -0.2) is 32.0 Å². The zero-order valence-corrected chi connectivity index (χ0v) is 20.9. The van der Waals surface area contributed by atoms with Gasteiger partial charge in [-0.25, -0.2) is 18.3 Å². The first-order valence-electron chi connectivity index (χ1n) is 12.1. The van der Waals surface area contributed by atoms with Crippen molar-refractivity contribution in [1.82, 2.24) is 20.3 Å². The van der Waals surface area contributed by atoms with Crippen LogP contribution in [0.15, 0.2) is 78.9 Å². The maximum Gasteiger partial charge on any atom is 0.416 e. The van der Waals surface area contributed by atoms with E-state index in [2.05, 4.69) is 15.6 Å². The van der Waals surface area contributed by atoms with Crippen LogP contribution < -0.4 is 5.32 Å². The molecule has 0 saturated heterocycles. The van der Waals surface area contributed by atoms with E-state index in [1.807, 2.05) is 0 Å². The first-order chi connectivity index (χ1) is 19.5. The second-order valence-electron chi connectivity index (χ2n) is 9.14. The van der Waals surface area contributed by atoms with Crippen LogP contribution in [0.1, 0.15) is 37.4 Å². The standard InChI is InChI=1S/C29H19F5N4O3/c30-21-9-18(10-22(31)13-21)19-11-24(27(39)35-14-17-3-1-2-4-23(17)28(40)41)26-25(12-19)36-37-38(26)15-16-5-7-20(8-6-16)29(32,33)34/h1-13H,14-15H2,(H,35,39)(H,40,41). The van der Waals surface area contributed by atoms with Crippen LogP contribution in [0.5, 0.6) is 0 Å². The minimum Gasteiger partial charge on any atom is -0.478 e. The molecule has 5 rings (SSSR count). The molecule has 0 bridgehead atoms. The van der Waals surface area contributed by atoms with E-state index in [1.165, 1.54) is 35.0 Å². The van der Waals surface area contributed by atoms with E-state index in [9.17, 15) is 36.6 Å². The van der Waals surface area contributed by atoms with Gasteiger partial charge < -0.3 is 10.4 Å². The molecule has 0 aliphatic rings. The number of carbonyl (C=O) groups is 2. The smallest absolute Gasteiger partial charge is 0.416 e. The number of amides is 1. The van der Waals surface area contributed by atoms with Gasteiger partial charge in [0.25, 0.3) is 5.91 Å². The summed E-state index contributed by atoms with van der Waals surface area (Å²) in [5, 5.41) is 20.3. The van der Waals surface area contributed by atoms with Crippen molar-refractivity contribution in [2.75, 3.05) is 0 Å². The molecule has 1 amide bonds. The molecule has 0 spiro atoms. The Bertz CT molecular complexity index is 1760. The van der Waals surface area contributed by atoms with Crippen LogP contribution in [0.2, 0.25) is 0 Å². The number of carbonyl (C=O) groups excluding carboxylic acids is 1. The van der Waals surface area contributed by atoms with Crippen LogP contribution in [0.25, 0.3) is 22.2 Å². The molecule has 41 heavy (non-hydrogen) atoms. The molecule has 7 nitrogen and oxygen atoms in total. The fourth-order valence-corrected chi connectivity index (χ4v) is 4.41. The first kappa shape index (κ1) is 27.4. The third-order valence-corrected chi connectivity index (χ3v) is 6.35. The quantitative estimate of drug-likeness (QED) is 0.233. The third kappa shape index (κ3) is 5.91. The monoisotopic (exact) mass is 566 g/mol. The Hall–Kier alpha value is -5.13. The summed E-state index contributed by atoms with van der Waals surface area (Å²) in [6.45, 7) is -0.188. The Morgan fingerprint density at radius 3 is 2.17 bits per heavy atom. The molecule has 0 aliphatic heterocycles. The fourth-order valence-electron chi connectivity index (χ4n) is 4.41. The normalized spacial score (nSPS) is 11.5. The van der Waals surface area contributed by atoms with Gasteiger partial charge in [-0.1, -0.05) is 35.5 Å². The summed E-state index contributed by atoms with van der Waals surface area (Å²) in [4.78, 5) is 25.1. The number of benzene rings is 4. The number of aromatic carboxylic acids is 1. The van der Waals surface area contributed by atoms with E-state index in [1.54, 1.807) is 18.2 Å². The second kappa shape index (κ2) is 10.8. The summed E-state index contributed by atoms with van der Waals surface area (Å²) in [6.07, 6.45) is -4.50. The fraction of sp³-hybridized carbons (Fsp3) is 0.103. The lowest BCUT2D eigenvalue weighted by Gasteiger charge is -2.12. The SMILES string of the molecule is O=C(O)c1ccccc1CNC(=O)c1cc(-c2cc(F)cc(F)c2)cc2nnn(Cc3ccc(C(F)(F)F)cc3)c12. The van der Waals surface area contributed by atoms with E-state index >= 15 is 0 Å². The van der Waals surface area contributed by atoms with Crippen LogP contribution in [0.4, 0.5) is 22.0 Å². The summed E-state index contributed by atoms with van der Waals surface area (Å²) in [5.74, 6) is -3.50. The third-order valence-electron chi connectivity index (χ3n) is 6.35. The minimum atomic E-state index is -4.50. The number of carboxylic acids is 1. The Balaban J connectivity index is 1.56. The van der Waals surface area contributed by atoms with Crippen LogP contribution in [-0.2, 0) is 19.3 Å². The number of rotatable bonds is 7. The second-order valence-corrected chi connectivity index (χ2v) is 9.14. The number of nitrogens with one attached hydrogen (secondary N) is 1. The van der Waals surface area contributed by atoms with Gasteiger partial charge in [-0.2, -0.15) is 13.2 Å². The van der Waals surface area contributed by atoms with Crippen molar-refractivity contribution in [3.63, 3.8) is 0 Å². The summed E-state index contributed by atoms with van der Waals surface area (Å²) in [6, 6.07) is 16.3. The van der Waals surface area contributed by atoms with Crippen molar-refractivity contribution in [1.29, 1.82) is 0 Å². The van der Waals surface area contributed by atoms with Gasteiger partial charge >= 0.3 is 12.1 Å². The van der Waals surface area contributed by atoms with Gasteiger partial charge in [0.05, 0.1) is 23.2 Å². The molecule has 12 heteroatoms. The highest BCUT2D eigenvalue weighted by Crippen LogP contribution is 2.31. The summed E-state index contributed by atoms with van der Waals surface area (Å²) in [5.41, 5.74) is 0.763. The van der Waals surface area contributed by atoms with E-state index in [0.717, 1.165) is 24.3 Å². The Morgan fingerprint density at radius 2 is 1.51 bits per heavy atom. The van der Waals surface area contributed by atoms with Crippen molar-refractivity contribution in [2.45, 2.75) is 19.3 Å². The topological polar surface area (TPSA) is 97.1 Å². The van der Waals surface area contributed by atoms with Gasteiger partial charge in [0.1, 0.15) is 22.7 Å². The Labute approximate surface area is 228 Å². The van der Waals surface area contributed by atoms with Gasteiger partial charge in [0, 0.05) is 12.6 Å². The maximum atomic E-state index is 14.0. The molecule has 1 heterocycles. The van der Waals surface area contributed by atoms with Gasteiger partial charge in [-0.3, -0.25) is 4.79 Å². The molecule has 2 N–H and O–H groups in total. The van der Waals surface area contributed by atoms with Crippen molar-refractivity contribution >= 4 is 22.9 Å². The highest BCUT2D eigenvalue weighted by Gasteiger charge is 2.30. The van der Waals surface area contributed by atoms with Gasteiger partial charge in [-0.05, 0) is 64.7 Å². The van der Waals surface area contributed by atoms with Crippen LogP contribution in [0.3, 0.4) is 0 Å². The number of halogens is 5. The largest absolute Gasteiger partial charge is 0.478 e. The molecular formula is C29H19F5N4O3. The number of carboxylic acid groups (broad SMARTS) is 1. The molecule has 5 aromatic rings. The minimum absolute atomic E-state index is 0.00375. The molecule has 208 valence electrons. The zero-order valence-electron chi connectivity index (χ0n) is 20.9. The Morgan fingerprint density at radius 1 is 0.854 bits per heavy atom. The van der Waals surface area contributed by atoms with Crippen molar-refractivity contribution in [3.8, 4) is 11.1 Å². The van der Waals surface area contributed by atoms with Crippen molar-refractivity contribution < 1.29 is 36.6 Å². The summed E-state index contributed by atoms with van der Waals surface area (Å²) >= 11 is 0. The molecule has 0 fully saturated rings. The maximum absolute atomic E-state index is 14.0. The average Bonchev–Trinajstić information content (AvgIpc) is 3.33. The summed E-state index contributed by atoms with van der Waals surface area (Å²) in [7, 11) is 0. The van der Waals surface area contributed by atoms with Crippen LogP contribution >= 0.6 is 0 Å². The van der Waals surface area contributed by atoms with E-state index < -0.39 is 35.3 Å². The molecule has 0 radical (unpaired) electrons. The van der Waals surface area contributed by atoms with Crippen molar-refractivity contribution in [3.05, 3.63) is 118 Å². The number of hydrogen-bond donors (Lipinski definition) is 2. The zero-order chi connectivity index (χ0) is 29.3. The number of alkyl halides is 3. The molecule has 0 aliphatic carbocycles. The average molecular weight is 566 g/mol. The lowest BCUT2D eigenvalue weighted by atomic mass is 10.0. The number of fused-ring (bicyclic) bond motifs is 1. The predicted molar refractivity (Wildman–Crippen MR) is 138 cm³/mol. The molecular weight excluding hydrogens is 547 g/mol. The van der Waals surface area contributed by atoms with Gasteiger partial charge in [0.2, 0.25) is 0 Å².